The number of rotatable bonds is 9. The first-order valence-electron chi connectivity index (χ1n) is 7.00. The van der Waals surface area contributed by atoms with Gasteiger partial charge >= 0.3 is 7.87 Å². The first-order chi connectivity index (χ1) is 8.06. The van der Waals surface area contributed by atoms with Gasteiger partial charge in [-0.2, -0.15) is 5.50 Å². The van der Waals surface area contributed by atoms with Crippen molar-refractivity contribution >= 4 is 7.87 Å². The number of hydrogen-bond donors (Lipinski definition) is 1. The fourth-order valence-corrected chi connectivity index (χ4v) is 6.03. The summed E-state index contributed by atoms with van der Waals surface area (Å²) in [5.74, 6) is 0. The Labute approximate surface area is 109 Å². The average Bonchev–Trinajstić information content (AvgIpc) is 2.33. The Morgan fingerprint density at radius 1 is 0.588 bits per heavy atom. The van der Waals surface area contributed by atoms with Gasteiger partial charge in [0.1, 0.15) is 0 Å². The van der Waals surface area contributed by atoms with Crippen LogP contribution in [-0.2, 0) is 0 Å². The second-order valence-corrected chi connectivity index (χ2v) is 6.96. The fraction of sp³-hybridized carbons (Fsp3) is 1.00. The third-order valence-electron chi connectivity index (χ3n) is 3.44. The van der Waals surface area contributed by atoms with E-state index in [1.807, 2.05) is 0 Å². The van der Waals surface area contributed by atoms with E-state index in [4.69, 9.17) is 5.50 Å². The van der Waals surface area contributed by atoms with Crippen molar-refractivity contribution in [3.05, 3.63) is 0 Å². The lowest BCUT2D eigenvalue weighted by atomic mass is 10.7. The van der Waals surface area contributed by atoms with Crippen molar-refractivity contribution in [3.8, 4) is 0 Å². The third kappa shape index (κ3) is 3.62. The van der Waals surface area contributed by atoms with Gasteiger partial charge in [0.2, 0.25) is 0 Å². The van der Waals surface area contributed by atoms with Crippen molar-refractivity contribution in [2.75, 3.05) is 39.3 Å². The van der Waals surface area contributed by atoms with Gasteiger partial charge in [0.25, 0.3) is 0 Å². The molecular weight excluding hydrogens is 231 g/mol. The van der Waals surface area contributed by atoms with Crippen LogP contribution in [0.25, 0.3) is 0 Å². The summed E-state index contributed by atoms with van der Waals surface area (Å²) >= 11 is 0. The number of nitrogens with zero attached hydrogens (tertiary/aromatic N) is 3. The SMILES string of the molecule is CCN(CC)[P+](N)(N(CC)CC)N(CC)CC. The standard InChI is InChI=1S/C12H32N4P/c1-7-14(8-2)17(13,15(9-3)10-4)16(11-5)12-6/h7-13H2,1-6H3/q+1. The lowest BCUT2D eigenvalue weighted by Crippen LogP contribution is -2.49. The van der Waals surface area contributed by atoms with Gasteiger partial charge in [-0.1, -0.05) is 0 Å². The first-order valence-corrected chi connectivity index (χ1v) is 8.71. The van der Waals surface area contributed by atoms with Gasteiger partial charge in [-0.25, -0.2) is 0 Å². The Morgan fingerprint density at radius 3 is 0.882 bits per heavy atom. The molecular formula is C12H32N4P+. The molecule has 0 amide bonds. The monoisotopic (exact) mass is 263 g/mol. The molecule has 4 nitrogen and oxygen atoms in total. The molecule has 0 saturated heterocycles. The molecule has 0 aliphatic carbocycles. The van der Waals surface area contributed by atoms with Gasteiger partial charge in [0, 0.05) is 39.3 Å². The van der Waals surface area contributed by atoms with Crippen LogP contribution in [0.3, 0.4) is 0 Å². The van der Waals surface area contributed by atoms with E-state index < -0.39 is 7.87 Å². The van der Waals surface area contributed by atoms with E-state index in [0.717, 1.165) is 39.3 Å². The summed E-state index contributed by atoms with van der Waals surface area (Å²) in [7, 11) is -1.80. The third-order valence-corrected chi connectivity index (χ3v) is 7.63. The maximum absolute atomic E-state index is 6.88. The van der Waals surface area contributed by atoms with E-state index in [2.05, 4.69) is 55.6 Å². The molecule has 0 aromatic heterocycles. The summed E-state index contributed by atoms with van der Waals surface area (Å²) in [5, 5.41) is 0. The summed E-state index contributed by atoms with van der Waals surface area (Å²) in [6.07, 6.45) is 0. The molecule has 0 atom stereocenters. The van der Waals surface area contributed by atoms with Gasteiger partial charge < -0.3 is 0 Å². The second-order valence-electron chi connectivity index (χ2n) is 4.03. The predicted octanol–water partition coefficient (Wildman–Crippen LogP) is 2.65. The van der Waals surface area contributed by atoms with Gasteiger partial charge in [-0.3, -0.25) is 0 Å². The molecule has 0 heterocycles. The van der Waals surface area contributed by atoms with Crippen LogP contribution in [0.15, 0.2) is 0 Å². The lowest BCUT2D eigenvalue weighted by molar-refractivity contribution is 0.329. The van der Waals surface area contributed by atoms with E-state index in [9.17, 15) is 0 Å². The zero-order valence-electron chi connectivity index (χ0n) is 12.6. The van der Waals surface area contributed by atoms with E-state index in [0.29, 0.717) is 0 Å². The van der Waals surface area contributed by atoms with Crippen LogP contribution in [0, 0.1) is 0 Å². The van der Waals surface area contributed by atoms with Crippen molar-refractivity contribution in [2.24, 2.45) is 5.50 Å². The average molecular weight is 263 g/mol. The molecule has 0 aromatic carbocycles. The molecule has 0 saturated carbocycles. The molecule has 0 aliphatic heterocycles. The number of hydrogen-bond acceptors (Lipinski definition) is 4. The summed E-state index contributed by atoms with van der Waals surface area (Å²) in [5.41, 5.74) is 6.88. The topological polar surface area (TPSA) is 35.7 Å². The van der Waals surface area contributed by atoms with Crippen LogP contribution < -0.4 is 5.50 Å². The second kappa shape index (κ2) is 8.39. The Bertz CT molecular complexity index is 158. The Kier molecular flexibility index (Phi) is 8.52. The normalized spacial score (nSPS) is 13.1. The summed E-state index contributed by atoms with van der Waals surface area (Å²) < 4.78 is 7.35. The molecule has 0 rings (SSSR count). The Balaban J connectivity index is 5.29. The predicted molar refractivity (Wildman–Crippen MR) is 79.9 cm³/mol. The zero-order chi connectivity index (χ0) is 13.5. The smallest absolute Gasteiger partial charge is 0.158 e. The summed E-state index contributed by atoms with van der Waals surface area (Å²) in [4.78, 5) is 0. The molecule has 0 spiro atoms. The van der Waals surface area contributed by atoms with Crippen molar-refractivity contribution in [1.29, 1.82) is 0 Å². The minimum atomic E-state index is -1.80. The maximum Gasteiger partial charge on any atom is 0.303 e. The van der Waals surface area contributed by atoms with E-state index in [1.165, 1.54) is 0 Å². The largest absolute Gasteiger partial charge is 0.303 e. The Morgan fingerprint density at radius 2 is 0.765 bits per heavy atom. The van der Waals surface area contributed by atoms with Crippen LogP contribution in [0.4, 0.5) is 0 Å². The number of nitrogens with two attached hydrogens (primary N) is 1. The van der Waals surface area contributed by atoms with Crippen molar-refractivity contribution in [2.45, 2.75) is 41.5 Å². The van der Waals surface area contributed by atoms with Gasteiger partial charge in [0.15, 0.2) is 0 Å². The van der Waals surface area contributed by atoms with E-state index >= 15 is 0 Å². The van der Waals surface area contributed by atoms with E-state index in [1.54, 1.807) is 0 Å². The molecule has 17 heavy (non-hydrogen) atoms. The van der Waals surface area contributed by atoms with Gasteiger partial charge in [-0.05, 0) is 41.5 Å². The summed E-state index contributed by atoms with van der Waals surface area (Å²) in [6.45, 7) is 19.4. The Hall–Kier alpha value is 0.270. The quantitative estimate of drug-likeness (QED) is 0.649. The molecule has 2 N–H and O–H groups in total. The van der Waals surface area contributed by atoms with E-state index in [-0.39, 0.29) is 0 Å². The first kappa shape index (κ1) is 17.3. The highest BCUT2D eigenvalue weighted by Gasteiger charge is 2.50. The molecule has 104 valence electrons. The van der Waals surface area contributed by atoms with Crippen LogP contribution in [0.5, 0.6) is 0 Å². The lowest BCUT2D eigenvalue weighted by Gasteiger charge is -2.42. The highest BCUT2D eigenvalue weighted by molar-refractivity contribution is 7.66. The zero-order valence-corrected chi connectivity index (χ0v) is 13.5. The molecule has 0 aliphatic rings. The van der Waals surface area contributed by atoms with Gasteiger partial charge in [0.05, 0.1) is 0 Å². The van der Waals surface area contributed by atoms with Crippen molar-refractivity contribution in [1.82, 2.24) is 14.0 Å². The highest BCUT2D eigenvalue weighted by Crippen LogP contribution is 2.60. The molecule has 0 radical (unpaired) electrons. The van der Waals surface area contributed by atoms with Crippen molar-refractivity contribution < 1.29 is 0 Å². The van der Waals surface area contributed by atoms with Crippen LogP contribution in [0.1, 0.15) is 41.5 Å². The van der Waals surface area contributed by atoms with Crippen LogP contribution in [0.2, 0.25) is 0 Å². The fourth-order valence-electron chi connectivity index (χ4n) is 2.46. The summed E-state index contributed by atoms with van der Waals surface area (Å²) in [6, 6.07) is 0. The minimum absolute atomic E-state index is 1.02. The molecule has 5 heteroatoms. The minimum Gasteiger partial charge on any atom is -0.158 e. The van der Waals surface area contributed by atoms with Crippen LogP contribution >= 0.6 is 7.87 Å². The maximum atomic E-state index is 6.88. The van der Waals surface area contributed by atoms with Crippen molar-refractivity contribution in [3.63, 3.8) is 0 Å². The highest BCUT2D eigenvalue weighted by atomic mass is 31.2. The van der Waals surface area contributed by atoms with Gasteiger partial charge in [-0.15, -0.1) is 14.0 Å². The molecule has 0 aromatic rings. The molecule has 0 unspecified atom stereocenters. The van der Waals surface area contributed by atoms with Crippen LogP contribution in [-0.4, -0.2) is 53.3 Å². The molecule has 0 bridgehead atoms. The molecule has 0 fully saturated rings.